The van der Waals surface area contributed by atoms with E-state index in [-0.39, 0.29) is 17.1 Å². The van der Waals surface area contributed by atoms with Crippen LogP contribution in [0.25, 0.3) is 0 Å². The first-order chi connectivity index (χ1) is 26.5. The van der Waals surface area contributed by atoms with Crippen molar-refractivity contribution in [1.29, 1.82) is 0 Å². The number of hydrogen-bond donors (Lipinski definition) is 6. The summed E-state index contributed by atoms with van der Waals surface area (Å²) in [6.07, 6.45) is 0. The topological polar surface area (TPSA) is 123 Å². The van der Waals surface area contributed by atoms with Crippen molar-refractivity contribution in [3.05, 3.63) is 199 Å². The Morgan fingerprint density at radius 1 is 0.259 bits per heavy atom. The predicted molar refractivity (Wildman–Crippen MR) is 219 cm³/mol. The lowest BCUT2D eigenvalue weighted by molar-refractivity contribution is 0.101. The first-order valence-corrected chi connectivity index (χ1v) is 17.3. The van der Waals surface area contributed by atoms with Gasteiger partial charge in [0.2, 0.25) is 0 Å². The van der Waals surface area contributed by atoms with E-state index in [1.54, 1.807) is 72.8 Å². The molecular weight excluding hydrogens is 673 g/mol. The number of anilines is 9. The van der Waals surface area contributed by atoms with Crippen molar-refractivity contribution < 1.29 is 14.4 Å². The number of benzene rings is 7. The Bertz CT molecular complexity index is 2070. The van der Waals surface area contributed by atoms with Crippen molar-refractivity contribution in [3.8, 4) is 0 Å². The molecule has 0 aliphatic rings. The highest BCUT2D eigenvalue weighted by Crippen LogP contribution is 2.53. The molecule has 0 aliphatic heterocycles. The van der Waals surface area contributed by atoms with E-state index in [2.05, 4.69) is 31.9 Å². The van der Waals surface area contributed by atoms with Crippen molar-refractivity contribution in [2.75, 3.05) is 31.9 Å². The molecule has 0 spiro atoms. The number of carbonyl (C=O) groups is 3. The SMILES string of the molecule is O=C(Nc1c(Nc2ccccc2)c(NC(=O)c2ccccc2)c(Nc2ccccc2)c(NC(=O)c2ccccc2)c1Nc1ccccc1)c1ccccc1. The molecule has 0 radical (unpaired) electrons. The fraction of sp³-hybridized carbons (Fsp3) is 0. The molecule has 0 saturated carbocycles. The minimum absolute atomic E-state index is 0.266. The van der Waals surface area contributed by atoms with Crippen molar-refractivity contribution in [2.45, 2.75) is 0 Å². The van der Waals surface area contributed by atoms with Crippen LogP contribution in [0, 0.1) is 0 Å². The third-order valence-corrected chi connectivity index (χ3v) is 8.45. The molecule has 0 fully saturated rings. The molecule has 7 aromatic carbocycles. The van der Waals surface area contributed by atoms with E-state index in [1.807, 2.05) is 109 Å². The maximum absolute atomic E-state index is 14.2. The van der Waals surface area contributed by atoms with Crippen molar-refractivity contribution in [2.24, 2.45) is 0 Å². The largest absolute Gasteiger partial charge is 0.352 e. The van der Waals surface area contributed by atoms with E-state index in [1.165, 1.54) is 0 Å². The summed E-state index contributed by atoms with van der Waals surface area (Å²) in [7, 11) is 0. The first kappa shape index (κ1) is 34.8. The van der Waals surface area contributed by atoms with E-state index in [0.29, 0.717) is 50.8 Å². The number of amides is 3. The number of carbonyl (C=O) groups excluding carboxylic acids is 3. The maximum Gasteiger partial charge on any atom is 0.255 e. The lowest BCUT2D eigenvalue weighted by Crippen LogP contribution is -2.21. The second kappa shape index (κ2) is 16.6. The molecule has 0 unspecified atom stereocenters. The first-order valence-electron chi connectivity index (χ1n) is 17.3. The Hall–Kier alpha value is -7.65. The second-order valence-electron chi connectivity index (χ2n) is 12.2. The van der Waals surface area contributed by atoms with Crippen LogP contribution in [0.3, 0.4) is 0 Å². The van der Waals surface area contributed by atoms with Crippen LogP contribution in [0.15, 0.2) is 182 Å². The number of hydrogen-bond acceptors (Lipinski definition) is 6. The fourth-order valence-electron chi connectivity index (χ4n) is 5.82. The van der Waals surface area contributed by atoms with Gasteiger partial charge >= 0.3 is 0 Å². The van der Waals surface area contributed by atoms with Crippen LogP contribution in [0.1, 0.15) is 31.1 Å². The standard InChI is InChI=1S/C45H36N6O3/c52-43(31-19-7-1-8-20-31)49-40-37(46-34-25-13-4-14-26-34)41(50-44(53)32-21-9-2-10-22-32)39(48-36-29-17-6-18-30-36)42(38(40)47-35-27-15-5-16-28-35)51-45(54)33-23-11-3-12-24-33/h1-30,46-48H,(H,49,52)(H,50,53)(H,51,54). The zero-order valence-corrected chi connectivity index (χ0v) is 29.0. The van der Waals surface area contributed by atoms with Gasteiger partial charge in [-0.3, -0.25) is 14.4 Å². The highest BCUT2D eigenvalue weighted by Gasteiger charge is 2.29. The minimum atomic E-state index is -0.410. The molecule has 9 heteroatoms. The van der Waals surface area contributed by atoms with E-state index >= 15 is 0 Å². The summed E-state index contributed by atoms with van der Waals surface area (Å²) in [5.74, 6) is -1.23. The Kier molecular flexibility index (Phi) is 10.7. The van der Waals surface area contributed by atoms with Gasteiger partial charge in [0.25, 0.3) is 17.7 Å². The third kappa shape index (κ3) is 8.28. The second-order valence-corrected chi connectivity index (χ2v) is 12.2. The molecular formula is C45H36N6O3. The van der Waals surface area contributed by atoms with Gasteiger partial charge in [-0.15, -0.1) is 0 Å². The predicted octanol–water partition coefficient (Wildman–Crippen LogP) is 10.7. The highest BCUT2D eigenvalue weighted by molar-refractivity contribution is 6.22. The summed E-state index contributed by atoms with van der Waals surface area (Å²) in [6, 6.07) is 54.7. The van der Waals surface area contributed by atoms with Gasteiger partial charge in [-0.25, -0.2) is 0 Å². The van der Waals surface area contributed by atoms with E-state index in [4.69, 9.17) is 0 Å². The van der Waals surface area contributed by atoms with Crippen LogP contribution in [-0.4, -0.2) is 17.7 Å². The Balaban J connectivity index is 1.55. The average molecular weight is 709 g/mol. The van der Waals surface area contributed by atoms with E-state index in [0.717, 1.165) is 0 Å². The molecule has 0 saturated heterocycles. The van der Waals surface area contributed by atoms with Gasteiger partial charge in [0.1, 0.15) is 0 Å². The fourth-order valence-corrected chi connectivity index (χ4v) is 5.82. The van der Waals surface area contributed by atoms with Crippen LogP contribution in [0.4, 0.5) is 51.2 Å². The summed E-state index contributed by atoms with van der Waals surface area (Å²) < 4.78 is 0. The molecule has 7 rings (SSSR count). The molecule has 9 nitrogen and oxygen atoms in total. The molecule has 0 atom stereocenters. The van der Waals surface area contributed by atoms with Crippen LogP contribution in [0.2, 0.25) is 0 Å². The molecule has 54 heavy (non-hydrogen) atoms. The van der Waals surface area contributed by atoms with Gasteiger partial charge in [0.15, 0.2) is 0 Å². The van der Waals surface area contributed by atoms with Gasteiger partial charge in [0.05, 0.1) is 34.1 Å². The van der Waals surface area contributed by atoms with Gasteiger partial charge in [-0.05, 0) is 72.8 Å². The maximum atomic E-state index is 14.2. The summed E-state index contributed by atoms with van der Waals surface area (Å²) >= 11 is 0. The molecule has 0 heterocycles. The summed E-state index contributed by atoms with van der Waals surface area (Å²) in [6.45, 7) is 0. The zero-order valence-electron chi connectivity index (χ0n) is 29.0. The third-order valence-electron chi connectivity index (χ3n) is 8.45. The lowest BCUT2D eigenvalue weighted by Gasteiger charge is -2.29. The summed E-state index contributed by atoms with van der Waals surface area (Å²) in [5.41, 5.74) is 5.12. The van der Waals surface area contributed by atoms with Crippen molar-refractivity contribution in [3.63, 3.8) is 0 Å². The number of nitrogens with one attached hydrogen (secondary N) is 6. The quantitative estimate of drug-likeness (QED) is 0.0751. The molecule has 0 aliphatic carbocycles. The number of para-hydroxylation sites is 3. The zero-order chi connectivity index (χ0) is 37.1. The van der Waals surface area contributed by atoms with E-state index in [9.17, 15) is 14.4 Å². The van der Waals surface area contributed by atoms with Crippen LogP contribution >= 0.6 is 0 Å². The van der Waals surface area contributed by atoms with Crippen LogP contribution in [-0.2, 0) is 0 Å². The summed E-state index contributed by atoms with van der Waals surface area (Å²) in [5, 5.41) is 19.9. The molecule has 0 bridgehead atoms. The monoisotopic (exact) mass is 708 g/mol. The Morgan fingerprint density at radius 3 is 0.685 bits per heavy atom. The van der Waals surface area contributed by atoms with Gasteiger partial charge in [-0.1, -0.05) is 109 Å². The minimum Gasteiger partial charge on any atom is -0.352 e. The Morgan fingerprint density at radius 2 is 0.463 bits per heavy atom. The summed E-state index contributed by atoms with van der Waals surface area (Å²) in [4.78, 5) is 42.5. The molecule has 3 amide bonds. The molecule has 264 valence electrons. The number of rotatable bonds is 12. The highest BCUT2D eigenvalue weighted by atomic mass is 16.2. The smallest absolute Gasteiger partial charge is 0.255 e. The van der Waals surface area contributed by atoms with E-state index < -0.39 is 17.7 Å². The van der Waals surface area contributed by atoms with Crippen molar-refractivity contribution in [1.82, 2.24) is 0 Å². The van der Waals surface area contributed by atoms with Crippen LogP contribution < -0.4 is 31.9 Å². The molecule has 7 aromatic rings. The molecule has 0 aromatic heterocycles. The normalized spacial score (nSPS) is 10.4. The van der Waals surface area contributed by atoms with Gasteiger partial charge in [0, 0.05) is 33.8 Å². The Labute approximate surface area is 313 Å². The molecule has 6 N–H and O–H groups in total. The average Bonchev–Trinajstić information content (AvgIpc) is 3.23. The van der Waals surface area contributed by atoms with Crippen LogP contribution in [0.5, 0.6) is 0 Å². The lowest BCUT2D eigenvalue weighted by atomic mass is 10.0. The van der Waals surface area contributed by atoms with Gasteiger partial charge in [-0.2, -0.15) is 0 Å². The van der Waals surface area contributed by atoms with Gasteiger partial charge < -0.3 is 31.9 Å². The van der Waals surface area contributed by atoms with Crippen molar-refractivity contribution >= 4 is 68.9 Å².